The lowest BCUT2D eigenvalue weighted by atomic mass is 10.4. The minimum absolute atomic E-state index is 0.165. The maximum absolute atomic E-state index is 11.0. The maximum Gasteiger partial charge on any atom is 0.237 e. The van der Waals surface area contributed by atoms with Crippen molar-refractivity contribution in [3.8, 4) is 0 Å². The summed E-state index contributed by atoms with van der Waals surface area (Å²) < 4.78 is 1.64. The molecule has 1 aromatic rings. The van der Waals surface area contributed by atoms with E-state index in [1.807, 2.05) is 0 Å². The summed E-state index contributed by atoms with van der Waals surface area (Å²) in [6.45, 7) is 2.75. The van der Waals surface area contributed by atoms with Gasteiger partial charge >= 0.3 is 0 Å². The Kier molecular flexibility index (Phi) is 3.70. The van der Waals surface area contributed by atoms with Crippen molar-refractivity contribution < 1.29 is 4.79 Å². The van der Waals surface area contributed by atoms with Crippen molar-refractivity contribution in [1.29, 1.82) is 0 Å². The summed E-state index contributed by atoms with van der Waals surface area (Å²) in [5.74, 6) is -0.165. The smallest absolute Gasteiger partial charge is 0.237 e. The van der Waals surface area contributed by atoms with Crippen LogP contribution in [0.15, 0.2) is 12.4 Å². The molecule has 1 N–H and O–H groups in total. The molecular formula is C7H11ClN4O. The molecule has 1 rings (SSSR count). The van der Waals surface area contributed by atoms with Crippen molar-refractivity contribution >= 4 is 17.5 Å². The Labute approximate surface area is 81.1 Å². The van der Waals surface area contributed by atoms with Crippen molar-refractivity contribution in [3.63, 3.8) is 0 Å². The van der Waals surface area contributed by atoms with Gasteiger partial charge in [0, 0.05) is 12.7 Å². The molecule has 72 valence electrons. The van der Waals surface area contributed by atoms with E-state index in [2.05, 4.69) is 15.6 Å². The molecule has 1 amide bonds. The van der Waals surface area contributed by atoms with E-state index < -0.39 is 5.38 Å². The SMILES string of the molecule is CC(Cl)C(=O)NCCn1ccnn1. The Morgan fingerprint density at radius 2 is 2.54 bits per heavy atom. The van der Waals surface area contributed by atoms with E-state index in [0.29, 0.717) is 13.1 Å². The number of halogens is 1. The lowest BCUT2D eigenvalue weighted by molar-refractivity contribution is -0.120. The first-order chi connectivity index (χ1) is 6.20. The van der Waals surface area contributed by atoms with Crippen LogP contribution in [0.5, 0.6) is 0 Å². The van der Waals surface area contributed by atoms with E-state index in [0.717, 1.165) is 0 Å². The van der Waals surface area contributed by atoms with Crippen LogP contribution in [0.4, 0.5) is 0 Å². The van der Waals surface area contributed by atoms with Gasteiger partial charge in [-0.1, -0.05) is 5.21 Å². The van der Waals surface area contributed by atoms with Crippen molar-refractivity contribution in [3.05, 3.63) is 12.4 Å². The van der Waals surface area contributed by atoms with Crippen molar-refractivity contribution in [2.75, 3.05) is 6.54 Å². The van der Waals surface area contributed by atoms with Crippen LogP contribution in [0.3, 0.4) is 0 Å². The maximum atomic E-state index is 11.0. The standard InChI is InChI=1S/C7H11ClN4O/c1-6(8)7(13)9-2-4-12-5-3-10-11-12/h3,5-6H,2,4H2,1H3,(H,9,13). The zero-order valence-electron chi connectivity index (χ0n) is 7.27. The van der Waals surface area contributed by atoms with Crippen LogP contribution < -0.4 is 5.32 Å². The van der Waals surface area contributed by atoms with E-state index in [-0.39, 0.29) is 5.91 Å². The van der Waals surface area contributed by atoms with Crippen LogP contribution in [-0.2, 0) is 11.3 Å². The Bertz CT molecular complexity index is 259. The lowest BCUT2D eigenvalue weighted by Gasteiger charge is -2.05. The van der Waals surface area contributed by atoms with Crippen LogP contribution in [0.2, 0.25) is 0 Å². The van der Waals surface area contributed by atoms with Crippen molar-refractivity contribution in [2.45, 2.75) is 18.8 Å². The zero-order chi connectivity index (χ0) is 9.68. The number of rotatable bonds is 4. The number of hydrogen-bond donors (Lipinski definition) is 1. The van der Waals surface area contributed by atoms with Crippen LogP contribution >= 0.6 is 11.6 Å². The quantitative estimate of drug-likeness (QED) is 0.701. The molecule has 13 heavy (non-hydrogen) atoms. The number of amides is 1. The Morgan fingerprint density at radius 3 is 3.08 bits per heavy atom. The number of alkyl halides is 1. The Balaban J connectivity index is 2.18. The minimum atomic E-state index is -0.490. The summed E-state index contributed by atoms with van der Waals surface area (Å²) in [7, 11) is 0. The van der Waals surface area contributed by atoms with Crippen molar-refractivity contribution in [1.82, 2.24) is 20.3 Å². The molecule has 0 radical (unpaired) electrons. The predicted octanol–water partition coefficient (Wildman–Crippen LogP) is 0.0216. The highest BCUT2D eigenvalue weighted by Gasteiger charge is 2.06. The fraction of sp³-hybridized carbons (Fsp3) is 0.571. The van der Waals surface area contributed by atoms with Gasteiger partial charge in [-0.25, -0.2) is 0 Å². The monoisotopic (exact) mass is 202 g/mol. The molecule has 0 aliphatic heterocycles. The lowest BCUT2D eigenvalue weighted by Crippen LogP contribution is -2.32. The van der Waals surface area contributed by atoms with E-state index in [1.54, 1.807) is 24.0 Å². The number of nitrogens with one attached hydrogen (secondary N) is 1. The van der Waals surface area contributed by atoms with Crippen molar-refractivity contribution in [2.24, 2.45) is 0 Å². The molecule has 1 unspecified atom stereocenters. The molecule has 0 saturated carbocycles. The van der Waals surface area contributed by atoms with Crippen LogP contribution in [-0.4, -0.2) is 32.8 Å². The number of carbonyl (C=O) groups excluding carboxylic acids is 1. The topological polar surface area (TPSA) is 59.8 Å². The first-order valence-electron chi connectivity index (χ1n) is 3.96. The molecular weight excluding hydrogens is 192 g/mol. The number of carbonyl (C=O) groups is 1. The fourth-order valence-corrected chi connectivity index (χ4v) is 0.863. The van der Waals surface area contributed by atoms with Gasteiger partial charge < -0.3 is 5.32 Å². The summed E-state index contributed by atoms with van der Waals surface area (Å²) in [5, 5.41) is 9.54. The first-order valence-corrected chi connectivity index (χ1v) is 4.39. The third-order valence-electron chi connectivity index (χ3n) is 1.47. The van der Waals surface area contributed by atoms with Crippen LogP contribution in [0.25, 0.3) is 0 Å². The molecule has 1 heterocycles. The summed E-state index contributed by atoms with van der Waals surface area (Å²) >= 11 is 5.54. The molecule has 0 spiro atoms. The second kappa shape index (κ2) is 4.81. The zero-order valence-corrected chi connectivity index (χ0v) is 8.03. The third-order valence-corrected chi connectivity index (χ3v) is 1.67. The molecule has 1 aromatic heterocycles. The highest BCUT2D eigenvalue weighted by atomic mass is 35.5. The molecule has 0 fully saturated rings. The molecule has 6 heteroatoms. The molecule has 0 saturated heterocycles. The highest BCUT2D eigenvalue weighted by molar-refractivity contribution is 6.30. The Hall–Kier alpha value is -1.10. The summed E-state index contributed by atoms with van der Waals surface area (Å²) in [5.41, 5.74) is 0. The Morgan fingerprint density at radius 1 is 1.77 bits per heavy atom. The van der Waals surface area contributed by atoms with Gasteiger partial charge in [0.1, 0.15) is 5.38 Å². The number of aromatic nitrogens is 3. The van der Waals surface area contributed by atoms with Gasteiger partial charge in [0.15, 0.2) is 0 Å². The first kappa shape index (κ1) is 9.98. The number of hydrogen-bond acceptors (Lipinski definition) is 3. The fourth-order valence-electron chi connectivity index (χ4n) is 0.786. The van der Waals surface area contributed by atoms with E-state index in [9.17, 15) is 4.79 Å². The summed E-state index contributed by atoms with van der Waals surface area (Å²) in [6.07, 6.45) is 3.32. The van der Waals surface area contributed by atoms with Gasteiger partial charge in [0.2, 0.25) is 5.91 Å². The van der Waals surface area contributed by atoms with Gasteiger partial charge in [0.05, 0.1) is 12.7 Å². The molecule has 0 aliphatic rings. The molecule has 0 bridgehead atoms. The summed E-state index contributed by atoms with van der Waals surface area (Å²) in [4.78, 5) is 11.0. The largest absolute Gasteiger partial charge is 0.353 e. The highest BCUT2D eigenvalue weighted by Crippen LogP contribution is 1.91. The third kappa shape index (κ3) is 3.42. The summed E-state index contributed by atoms with van der Waals surface area (Å²) in [6, 6.07) is 0. The second-order valence-corrected chi connectivity index (χ2v) is 3.23. The van der Waals surface area contributed by atoms with Gasteiger partial charge in [-0.2, -0.15) is 0 Å². The van der Waals surface area contributed by atoms with Gasteiger partial charge in [-0.3, -0.25) is 9.48 Å². The van der Waals surface area contributed by atoms with Gasteiger partial charge in [0.25, 0.3) is 0 Å². The van der Waals surface area contributed by atoms with Gasteiger partial charge in [-0.15, -0.1) is 16.7 Å². The number of nitrogens with zero attached hydrogens (tertiary/aromatic N) is 3. The van der Waals surface area contributed by atoms with Crippen LogP contribution in [0.1, 0.15) is 6.92 Å². The molecule has 0 aromatic carbocycles. The average molecular weight is 203 g/mol. The van der Waals surface area contributed by atoms with E-state index >= 15 is 0 Å². The predicted molar refractivity (Wildman–Crippen MR) is 48.3 cm³/mol. The minimum Gasteiger partial charge on any atom is -0.353 e. The second-order valence-electron chi connectivity index (χ2n) is 2.57. The molecule has 0 aliphatic carbocycles. The van der Waals surface area contributed by atoms with Gasteiger partial charge in [-0.05, 0) is 6.92 Å². The van der Waals surface area contributed by atoms with Crippen LogP contribution in [0, 0.1) is 0 Å². The molecule has 1 atom stereocenters. The average Bonchev–Trinajstić information content (AvgIpc) is 2.56. The van der Waals surface area contributed by atoms with E-state index in [1.165, 1.54) is 0 Å². The van der Waals surface area contributed by atoms with E-state index in [4.69, 9.17) is 11.6 Å². The normalized spacial score (nSPS) is 12.5. The molecule has 5 nitrogen and oxygen atoms in total.